The summed E-state index contributed by atoms with van der Waals surface area (Å²) in [6, 6.07) is 18.5. The molecule has 0 heterocycles. The molecule has 0 spiro atoms. The van der Waals surface area contributed by atoms with Gasteiger partial charge in [-0.05, 0) is 29.7 Å². The number of hydrogen-bond donors (Lipinski definition) is 2. The zero-order valence-corrected chi connectivity index (χ0v) is 11.1. The molecular formula is C16H19N3. The summed E-state index contributed by atoms with van der Waals surface area (Å²) in [5.74, 6) is 0.467. The number of guanidine groups is 1. The van der Waals surface area contributed by atoms with Crippen LogP contribution in [0.3, 0.4) is 0 Å². The van der Waals surface area contributed by atoms with Crippen molar-refractivity contribution in [1.82, 2.24) is 0 Å². The SMILES string of the molecule is CCCN=C(N)Nc1ccc(-c2ccccc2)cc1. The van der Waals surface area contributed by atoms with Crippen molar-refractivity contribution in [3.63, 3.8) is 0 Å². The van der Waals surface area contributed by atoms with Crippen molar-refractivity contribution >= 4 is 11.6 Å². The Morgan fingerprint density at radius 1 is 1.00 bits per heavy atom. The third-order valence-electron chi connectivity index (χ3n) is 2.77. The van der Waals surface area contributed by atoms with E-state index in [2.05, 4.69) is 41.5 Å². The monoisotopic (exact) mass is 253 g/mol. The van der Waals surface area contributed by atoms with Crippen molar-refractivity contribution < 1.29 is 0 Å². The summed E-state index contributed by atoms with van der Waals surface area (Å²) >= 11 is 0. The maximum atomic E-state index is 5.78. The van der Waals surface area contributed by atoms with Crippen molar-refractivity contribution in [1.29, 1.82) is 0 Å². The second-order valence-corrected chi connectivity index (χ2v) is 4.34. The number of nitrogens with zero attached hydrogens (tertiary/aromatic N) is 1. The van der Waals surface area contributed by atoms with Gasteiger partial charge in [0.15, 0.2) is 5.96 Å². The first-order chi connectivity index (χ1) is 9.29. The molecule has 2 rings (SSSR count). The summed E-state index contributed by atoms with van der Waals surface area (Å²) in [5.41, 5.74) is 9.14. The van der Waals surface area contributed by atoms with E-state index in [0.29, 0.717) is 5.96 Å². The van der Waals surface area contributed by atoms with E-state index in [1.54, 1.807) is 0 Å². The molecule has 3 N–H and O–H groups in total. The third-order valence-corrected chi connectivity index (χ3v) is 2.77. The molecule has 98 valence electrons. The first-order valence-corrected chi connectivity index (χ1v) is 6.52. The number of anilines is 1. The van der Waals surface area contributed by atoms with Gasteiger partial charge in [-0.3, -0.25) is 4.99 Å². The quantitative estimate of drug-likeness (QED) is 0.647. The minimum atomic E-state index is 0.467. The van der Waals surface area contributed by atoms with Gasteiger partial charge in [-0.1, -0.05) is 49.4 Å². The highest BCUT2D eigenvalue weighted by atomic mass is 15.1. The molecule has 0 radical (unpaired) electrons. The molecule has 0 atom stereocenters. The predicted molar refractivity (Wildman–Crippen MR) is 82.3 cm³/mol. The van der Waals surface area contributed by atoms with Gasteiger partial charge in [-0.15, -0.1) is 0 Å². The fourth-order valence-electron chi connectivity index (χ4n) is 1.80. The second kappa shape index (κ2) is 6.59. The van der Waals surface area contributed by atoms with E-state index in [1.165, 1.54) is 11.1 Å². The maximum Gasteiger partial charge on any atom is 0.193 e. The van der Waals surface area contributed by atoms with E-state index in [-0.39, 0.29) is 0 Å². The van der Waals surface area contributed by atoms with Gasteiger partial charge >= 0.3 is 0 Å². The van der Waals surface area contributed by atoms with Crippen LogP contribution in [0.15, 0.2) is 59.6 Å². The van der Waals surface area contributed by atoms with Crippen LogP contribution in [0, 0.1) is 0 Å². The van der Waals surface area contributed by atoms with E-state index < -0.39 is 0 Å². The standard InChI is InChI=1S/C16H19N3/c1-2-12-18-16(17)19-15-10-8-14(9-11-15)13-6-4-3-5-7-13/h3-11H,2,12H2,1H3,(H3,17,18,19). The Bertz CT molecular complexity index is 530. The van der Waals surface area contributed by atoms with Crippen molar-refractivity contribution in [3.05, 3.63) is 54.6 Å². The van der Waals surface area contributed by atoms with Crippen molar-refractivity contribution in [2.45, 2.75) is 13.3 Å². The molecule has 0 saturated carbocycles. The van der Waals surface area contributed by atoms with Crippen molar-refractivity contribution in [3.8, 4) is 11.1 Å². The molecule has 0 aliphatic carbocycles. The van der Waals surface area contributed by atoms with Gasteiger partial charge in [0.2, 0.25) is 0 Å². The Hall–Kier alpha value is -2.29. The highest BCUT2D eigenvalue weighted by Gasteiger charge is 1.98. The topological polar surface area (TPSA) is 50.4 Å². The Balaban J connectivity index is 2.07. The smallest absolute Gasteiger partial charge is 0.193 e. The summed E-state index contributed by atoms with van der Waals surface area (Å²) < 4.78 is 0. The van der Waals surface area contributed by atoms with Crippen molar-refractivity contribution in [2.75, 3.05) is 11.9 Å². The number of nitrogens with two attached hydrogens (primary N) is 1. The molecule has 0 aliphatic heterocycles. The molecule has 19 heavy (non-hydrogen) atoms. The third kappa shape index (κ3) is 3.85. The summed E-state index contributed by atoms with van der Waals surface area (Å²) in [5, 5.41) is 3.08. The van der Waals surface area contributed by atoms with E-state index in [4.69, 9.17) is 5.73 Å². The van der Waals surface area contributed by atoms with E-state index >= 15 is 0 Å². The molecule has 0 bridgehead atoms. The molecule has 0 aromatic heterocycles. The lowest BCUT2D eigenvalue weighted by Crippen LogP contribution is -2.22. The molecule has 0 saturated heterocycles. The van der Waals surface area contributed by atoms with Crippen molar-refractivity contribution in [2.24, 2.45) is 10.7 Å². The second-order valence-electron chi connectivity index (χ2n) is 4.34. The van der Waals surface area contributed by atoms with Crippen LogP contribution < -0.4 is 11.1 Å². The summed E-state index contributed by atoms with van der Waals surface area (Å²) in [7, 11) is 0. The minimum absolute atomic E-state index is 0.467. The van der Waals surface area contributed by atoms with Gasteiger partial charge in [0.1, 0.15) is 0 Å². The molecule has 2 aromatic carbocycles. The Morgan fingerprint density at radius 3 is 2.26 bits per heavy atom. The highest BCUT2D eigenvalue weighted by Crippen LogP contribution is 2.20. The van der Waals surface area contributed by atoms with E-state index in [9.17, 15) is 0 Å². The molecule has 0 fully saturated rings. The average Bonchev–Trinajstić information content (AvgIpc) is 2.47. The van der Waals surface area contributed by atoms with Gasteiger partial charge in [-0.2, -0.15) is 0 Å². The molecule has 0 amide bonds. The predicted octanol–water partition coefficient (Wildman–Crippen LogP) is 3.49. The lowest BCUT2D eigenvalue weighted by atomic mass is 10.1. The first kappa shape index (κ1) is 13.1. The molecule has 0 unspecified atom stereocenters. The van der Waals surface area contributed by atoms with Gasteiger partial charge in [-0.25, -0.2) is 0 Å². The van der Waals surface area contributed by atoms with Crippen LogP contribution in [0.25, 0.3) is 11.1 Å². The highest BCUT2D eigenvalue weighted by molar-refractivity contribution is 5.92. The Kier molecular flexibility index (Phi) is 4.56. The van der Waals surface area contributed by atoms with Gasteiger partial charge in [0.05, 0.1) is 0 Å². The fourth-order valence-corrected chi connectivity index (χ4v) is 1.80. The molecule has 2 aromatic rings. The van der Waals surface area contributed by atoms with Crippen LogP contribution in [0.2, 0.25) is 0 Å². The zero-order chi connectivity index (χ0) is 13.5. The number of benzene rings is 2. The van der Waals surface area contributed by atoms with E-state index in [1.807, 2.05) is 30.3 Å². The summed E-state index contributed by atoms with van der Waals surface area (Å²) in [6.45, 7) is 2.83. The summed E-state index contributed by atoms with van der Waals surface area (Å²) in [6.07, 6.45) is 0.995. The zero-order valence-electron chi connectivity index (χ0n) is 11.1. The number of hydrogen-bond acceptors (Lipinski definition) is 1. The van der Waals surface area contributed by atoms with Crippen LogP contribution in [-0.4, -0.2) is 12.5 Å². The van der Waals surface area contributed by atoms with Crippen LogP contribution in [0.1, 0.15) is 13.3 Å². The fraction of sp³-hybridized carbons (Fsp3) is 0.188. The van der Waals surface area contributed by atoms with Crippen LogP contribution in [0.5, 0.6) is 0 Å². The van der Waals surface area contributed by atoms with Crippen LogP contribution in [-0.2, 0) is 0 Å². The first-order valence-electron chi connectivity index (χ1n) is 6.52. The molecular weight excluding hydrogens is 234 g/mol. The normalized spacial score (nSPS) is 11.3. The van der Waals surface area contributed by atoms with Gasteiger partial charge < -0.3 is 11.1 Å². The average molecular weight is 253 g/mol. The van der Waals surface area contributed by atoms with Gasteiger partial charge in [0, 0.05) is 12.2 Å². The maximum absolute atomic E-state index is 5.78. The molecule has 0 aliphatic rings. The van der Waals surface area contributed by atoms with Crippen LogP contribution >= 0.6 is 0 Å². The largest absolute Gasteiger partial charge is 0.370 e. The minimum Gasteiger partial charge on any atom is -0.370 e. The molecule has 3 heteroatoms. The molecule has 3 nitrogen and oxygen atoms in total. The van der Waals surface area contributed by atoms with Crippen LogP contribution in [0.4, 0.5) is 5.69 Å². The van der Waals surface area contributed by atoms with E-state index in [0.717, 1.165) is 18.7 Å². The lowest BCUT2D eigenvalue weighted by molar-refractivity contribution is 0.929. The van der Waals surface area contributed by atoms with Gasteiger partial charge in [0.25, 0.3) is 0 Å². The number of aliphatic imine (C=N–C) groups is 1. The summed E-state index contributed by atoms with van der Waals surface area (Å²) in [4.78, 5) is 4.20. The Labute approximate surface area is 114 Å². The number of nitrogens with one attached hydrogen (secondary N) is 1. The lowest BCUT2D eigenvalue weighted by Gasteiger charge is -2.07. The Morgan fingerprint density at radius 2 is 1.63 bits per heavy atom. The number of rotatable bonds is 4.